The summed E-state index contributed by atoms with van der Waals surface area (Å²) in [5, 5.41) is 0. The van der Waals surface area contributed by atoms with Crippen LogP contribution in [0.4, 0.5) is 11.8 Å². The third kappa shape index (κ3) is 4.16. The van der Waals surface area contributed by atoms with Gasteiger partial charge in [0.25, 0.3) is 0 Å². The van der Waals surface area contributed by atoms with E-state index in [1.165, 1.54) is 32.1 Å². The number of hydrogen-bond acceptors (Lipinski definition) is 5. The molecule has 0 N–H and O–H groups in total. The van der Waals surface area contributed by atoms with Crippen molar-refractivity contribution in [2.24, 2.45) is 5.92 Å². The zero-order chi connectivity index (χ0) is 16.9. The summed E-state index contributed by atoms with van der Waals surface area (Å²) >= 11 is 0. The fourth-order valence-electron chi connectivity index (χ4n) is 3.68. The second kappa shape index (κ2) is 7.81. The minimum atomic E-state index is 0.346. The smallest absolute Gasteiger partial charge is 0.226 e. The van der Waals surface area contributed by atoms with Crippen molar-refractivity contribution in [1.82, 2.24) is 14.9 Å². The van der Waals surface area contributed by atoms with Crippen molar-refractivity contribution < 1.29 is 4.79 Å². The van der Waals surface area contributed by atoms with E-state index in [1.807, 2.05) is 30.0 Å². The Bertz CT molecular complexity index is 548. The third-order valence-corrected chi connectivity index (χ3v) is 5.17. The summed E-state index contributed by atoms with van der Waals surface area (Å²) in [5.74, 6) is 2.64. The number of amides is 1. The molecule has 3 rings (SSSR count). The fraction of sp³-hybridized carbons (Fsp3) is 0.722. The summed E-state index contributed by atoms with van der Waals surface area (Å²) in [6.45, 7) is 3.29. The molecule has 2 heterocycles. The second-order valence-electron chi connectivity index (χ2n) is 7.19. The average molecular weight is 331 g/mol. The van der Waals surface area contributed by atoms with Crippen LogP contribution in [0, 0.1) is 5.92 Å². The van der Waals surface area contributed by atoms with E-state index in [0.717, 1.165) is 44.4 Å². The molecule has 6 nitrogen and oxygen atoms in total. The van der Waals surface area contributed by atoms with Gasteiger partial charge in [-0.1, -0.05) is 19.3 Å². The van der Waals surface area contributed by atoms with E-state index < -0.39 is 0 Å². The molecule has 0 unspecified atom stereocenters. The molecule has 1 aromatic rings. The highest BCUT2D eigenvalue weighted by atomic mass is 16.2. The number of rotatable bonds is 4. The molecule has 0 radical (unpaired) electrons. The van der Waals surface area contributed by atoms with Crippen LogP contribution in [0.25, 0.3) is 0 Å². The van der Waals surface area contributed by atoms with Gasteiger partial charge in [0.15, 0.2) is 0 Å². The van der Waals surface area contributed by atoms with Crippen molar-refractivity contribution in [2.45, 2.75) is 38.5 Å². The number of carbonyl (C=O) groups is 1. The predicted octanol–water partition coefficient (Wildman–Crippen LogP) is 2.16. The van der Waals surface area contributed by atoms with Gasteiger partial charge in [0.05, 0.1) is 0 Å². The van der Waals surface area contributed by atoms with Crippen molar-refractivity contribution in [3.05, 3.63) is 12.3 Å². The highest BCUT2D eigenvalue weighted by Gasteiger charge is 2.25. The maximum absolute atomic E-state index is 12.5. The van der Waals surface area contributed by atoms with Gasteiger partial charge in [-0.2, -0.15) is 4.98 Å². The topological polar surface area (TPSA) is 52.6 Å². The van der Waals surface area contributed by atoms with E-state index >= 15 is 0 Å². The largest absolute Gasteiger partial charge is 0.353 e. The van der Waals surface area contributed by atoms with E-state index in [4.69, 9.17) is 0 Å². The lowest BCUT2D eigenvalue weighted by atomic mass is 9.86. The van der Waals surface area contributed by atoms with Gasteiger partial charge in [-0.3, -0.25) is 4.79 Å². The molecular weight excluding hydrogens is 302 g/mol. The first-order valence-electron chi connectivity index (χ1n) is 9.16. The summed E-state index contributed by atoms with van der Waals surface area (Å²) in [5.41, 5.74) is 0. The number of carbonyl (C=O) groups excluding carboxylic acids is 1. The van der Waals surface area contributed by atoms with Crippen LogP contribution in [0.15, 0.2) is 12.3 Å². The lowest BCUT2D eigenvalue weighted by molar-refractivity contribution is -0.132. The molecule has 0 atom stereocenters. The summed E-state index contributed by atoms with van der Waals surface area (Å²) < 4.78 is 0. The lowest BCUT2D eigenvalue weighted by Gasteiger charge is -2.36. The first kappa shape index (κ1) is 17.0. The van der Waals surface area contributed by atoms with Gasteiger partial charge in [0.1, 0.15) is 5.82 Å². The van der Waals surface area contributed by atoms with E-state index in [9.17, 15) is 4.79 Å². The first-order chi connectivity index (χ1) is 11.6. The molecule has 0 aromatic carbocycles. The zero-order valence-electron chi connectivity index (χ0n) is 14.9. The van der Waals surface area contributed by atoms with Gasteiger partial charge in [-0.15, -0.1) is 0 Å². The normalized spacial score (nSPS) is 19.4. The molecule has 6 heteroatoms. The Kier molecular flexibility index (Phi) is 5.53. The SMILES string of the molecule is CN(C)c1nccc(N2CCN(C(=O)CC3CCCCC3)CC2)n1. The Labute approximate surface area is 144 Å². The van der Waals surface area contributed by atoms with Crippen LogP contribution < -0.4 is 9.80 Å². The Morgan fingerprint density at radius 3 is 2.54 bits per heavy atom. The van der Waals surface area contributed by atoms with E-state index in [2.05, 4.69) is 14.9 Å². The highest BCUT2D eigenvalue weighted by Crippen LogP contribution is 2.27. The summed E-state index contributed by atoms with van der Waals surface area (Å²) in [6.07, 6.45) is 8.97. The van der Waals surface area contributed by atoms with Crippen LogP contribution in [-0.4, -0.2) is 61.0 Å². The standard InChI is InChI=1S/C18H29N5O/c1-21(2)18-19-9-8-16(20-18)22-10-12-23(13-11-22)17(24)14-15-6-4-3-5-7-15/h8-9,15H,3-7,10-14H2,1-2H3. The van der Waals surface area contributed by atoms with Crippen LogP contribution in [-0.2, 0) is 4.79 Å². The number of piperazine rings is 1. The van der Waals surface area contributed by atoms with Crippen molar-refractivity contribution in [2.75, 3.05) is 50.1 Å². The Morgan fingerprint density at radius 1 is 1.17 bits per heavy atom. The Balaban J connectivity index is 1.51. The van der Waals surface area contributed by atoms with Crippen LogP contribution in [0.1, 0.15) is 38.5 Å². The lowest BCUT2D eigenvalue weighted by Crippen LogP contribution is -2.49. The van der Waals surface area contributed by atoms with Gasteiger partial charge in [-0.25, -0.2) is 4.98 Å². The van der Waals surface area contributed by atoms with E-state index in [-0.39, 0.29) is 0 Å². The maximum atomic E-state index is 12.5. The molecule has 2 fully saturated rings. The Hall–Kier alpha value is -1.85. The molecule has 1 aliphatic heterocycles. The molecule has 1 saturated carbocycles. The van der Waals surface area contributed by atoms with Crippen molar-refractivity contribution in [3.8, 4) is 0 Å². The summed E-state index contributed by atoms with van der Waals surface area (Å²) in [7, 11) is 3.89. The Morgan fingerprint density at radius 2 is 1.88 bits per heavy atom. The van der Waals surface area contributed by atoms with E-state index in [0.29, 0.717) is 11.8 Å². The molecule has 2 aliphatic rings. The van der Waals surface area contributed by atoms with Gasteiger partial charge in [0, 0.05) is 52.9 Å². The monoisotopic (exact) mass is 331 g/mol. The average Bonchev–Trinajstić information content (AvgIpc) is 2.63. The van der Waals surface area contributed by atoms with Crippen LogP contribution in [0.2, 0.25) is 0 Å². The molecule has 1 aromatic heterocycles. The van der Waals surface area contributed by atoms with Crippen molar-refractivity contribution in [1.29, 1.82) is 0 Å². The molecule has 1 amide bonds. The van der Waals surface area contributed by atoms with Crippen LogP contribution in [0.3, 0.4) is 0 Å². The molecule has 24 heavy (non-hydrogen) atoms. The molecule has 1 aliphatic carbocycles. The zero-order valence-corrected chi connectivity index (χ0v) is 14.9. The maximum Gasteiger partial charge on any atom is 0.226 e. The second-order valence-corrected chi connectivity index (χ2v) is 7.19. The van der Waals surface area contributed by atoms with Crippen molar-refractivity contribution in [3.63, 3.8) is 0 Å². The molecule has 0 bridgehead atoms. The molecular formula is C18H29N5O. The number of anilines is 2. The van der Waals surface area contributed by atoms with Crippen LogP contribution >= 0.6 is 0 Å². The van der Waals surface area contributed by atoms with Crippen LogP contribution in [0.5, 0.6) is 0 Å². The highest BCUT2D eigenvalue weighted by molar-refractivity contribution is 5.76. The van der Waals surface area contributed by atoms with E-state index in [1.54, 1.807) is 6.20 Å². The van der Waals surface area contributed by atoms with Gasteiger partial charge in [-0.05, 0) is 24.8 Å². The molecule has 132 valence electrons. The van der Waals surface area contributed by atoms with Gasteiger partial charge >= 0.3 is 0 Å². The third-order valence-electron chi connectivity index (χ3n) is 5.17. The first-order valence-corrected chi connectivity index (χ1v) is 9.16. The molecule has 0 spiro atoms. The number of hydrogen-bond donors (Lipinski definition) is 0. The van der Waals surface area contributed by atoms with Crippen molar-refractivity contribution >= 4 is 17.7 Å². The minimum Gasteiger partial charge on any atom is -0.353 e. The molecule has 1 saturated heterocycles. The number of aromatic nitrogens is 2. The van der Waals surface area contributed by atoms with Gasteiger partial charge in [0.2, 0.25) is 11.9 Å². The fourth-order valence-corrected chi connectivity index (χ4v) is 3.68. The minimum absolute atomic E-state index is 0.346. The number of nitrogens with zero attached hydrogens (tertiary/aromatic N) is 5. The summed E-state index contributed by atoms with van der Waals surface area (Å²) in [4.78, 5) is 27.6. The summed E-state index contributed by atoms with van der Waals surface area (Å²) in [6, 6.07) is 1.95. The predicted molar refractivity (Wildman–Crippen MR) is 96.3 cm³/mol. The quantitative estimate of drug-likeness (QED) is 0.846. The van der Waals surface area contributed by atoms with Gasteiger partial charge < -0.3 is 14.7 Å².